The smallest absolute Gasteiger partial charge is 0.121 e. The van der Waals surface area contributed by atoms with E-state index in [0.29, 0.717) is 5.41 Å². The number of aromatic nitrogens is 2. The second-order valence-electron chi connectivity index (χ2n) is 5.27. The van der Waals surface area contributed by atoms with Gasteiger partial charge in [0.1, 0.15) is 11.4 Å². The summed E-state index contributed by atoms with van der Waals surface area (Å²) in [5, 5.41) is 11.1. The molecule has 1 saturated carbocycles. The standard InChI is InChI=1S/C12H21N3O/c1-10-11(15-16-14-10)8-13-9-12(2)6-4-3-5-7-12/h13H,3-9H2,1-2H3. The number of aryl methyl sites for hydroxylation is 1. The van der Waals surface area contributed by atoms with Crippen molar-refractivity contribution in [3.63, 3.8) is 0 Å². The van der Waals surface area contributed by atoms with Gasteiger partial charge in [-0.3, -0.25) is 0 Å². The summed E-state index contributed by atoms with van der Waals surface area (Å²) in [5.41, 5.74) is 2.30. The predicted octanol–water partition coefficient (Wildman–Crippen LogP) is 2.44. The zero-order valence-electron chi connectivity index (χ0n) is 10.3. The van der Waals surface area contributed by atoms with Crippen molar-refractivity contribution in [3.05, 3.63) is 11.4 Å². The third kappa shape index (κ3) is 2.82. The maximum absolute atomic E-state index is 4.67. The van der Waals surface area contributed by atoms with Crippen LogP contribution in [0, 0.1) is 12.3 Å². The van der Waals surface area contributed by atoms with Crippen LogP contribution in [-0.4, -0.2) is 16.9 Å². The molecule has 0 saturated heterocycles. The quantitative estimate of drug-likeness (QED) is 0.851. The molecule has 0 bridgehead atoms. The Kier molecular flexibility index (Phi) is 3.59. The topological polar surface area (TPSA) is 51.0 Å². The monoisotopic (exact) mass is 223 g/mol. The molecule has 1 heterocycles. The maximum atomic E-state index is 4.67. The maximum Gasteiger partial charge on any atom is 0.121 e. The van der Waals surface area contributed by atoms with Crippen LogP contribution >= 0.6 is 0 Å². The molecule has 1 aliphatic carbocycles. The molecule has 16 heavy (non-hydrogen) atoms. The molecule has 1 fully saturated rings. The first-order valence-corrected chi connectivity index (χ1v) is 6.18. The molecule has 0 aromatic carbocycles. The van der Waals surface area contributed by atoms with E-state index in [4.69, 9.17) is 0 Å². The molecule has 1 N–H and O–H groups in total. The fourth-order valence-electron chi connectivity index (χ4n) is 2.47. The summed E-state index contributed by atoms with van der Waals surface area (Å²) >= 11 is 0. The summed E-state index contributed by atoms with van der Waals surface area (Å²) in [4.78, 5) is 0. The second-order valence-corrected chi connectivity index (χ2v) is 5.27. The first-order valence-electron chi connectivity index (χ1n) is 6.18. The lowest BCUT2D eigenvalue weighted by Crippen LogP contribution is -2.33. The van der Waals surface area contributed by atoms with Gasteiger partial charge in [-0.2, -0.15) is 0 Å². The van der Waals surface area contributed by atoms with Crippen LogP contribution in [-0.2, 0) is 6.54 Å². The molecular formula is C12H21N3O. The molecule has 2 rings (SSSR count). The van der Waals surface area contributed by atoms with Gasteiger partial charge in [-0.25, -0.2) is 4.63 Å². The highest BCUT2D eigenvalue weighted by Gasteiger charge is 2.26. The van der Waals surface area contributed by atoms with Gasteiger partial charge in [-0.05, 0) is 25.2 Å². The van der Waals surface area contributed by atoms with Gasteiger partial charge in [-0.1, -0.05) is 36.5 Å². The van der Waals surface area contributed by atoms with Crippen LogP contribution in [0.15, 0.2) is 4.63 Å². The Balaban J connectivity index is 1.77. The largest absolute Gasteiger partial charge is 0.310 e. The summed E-state index contributed by atoms with van der Waals surface area (Å²) in [7, 11) is 0. The van der Waals surface area contributed by atoms with E-state index >= 15 is 0 Å². The summed E-state index contributed by atoms with van der Waals surface area (Å²) in [6, 6.07) is 0. The molecule has 0 unspecified atom stereocenters. The van der Waals surface area contributed by atoms with E-state index in [9.17, 15) is 0 Å². The Hall–Kier alpha value is -0.900. The van der Waals surface area contributed by atoms with Crippen LogP contribution < -0.4 is 5.32 Å². The summed E-state index contributed by atoms with van der Waals surface area (Å²) in [6.07, 6.45) is 6.85. The molecule has 0 atom stereocenters. The summed E-state index contributed by atoms with van der Waals surface area (Å²) in [6.45, 7) is 6.15. The Bertz CT molecular complexity index is 329. The van der Waals surface area contributed by atoms with Gasteiger partial charge < -0.3 is 5.32 Å². The third-order valence-corrected chi connectivity index (χ3v) is 3.65. The van der Waals surface area contributed by atoms with Gasteiger partial charge in [0.15, 0.2) is 0 Å². The summed E-state index contributed by atoms with van der Waals surface area (Å²) in [5.74, 6) is 0. The van der Waals surface area contributed by atoms with Crippen LogP contribution in [0.5, 0.6) is 0 Å². The highest BCUT2D eigenvalue weighted by molar-refractivity contribution is 5.03. The van der Waals surface area contributed by atoms with Gasteiger partial charge in [0.2, 0.25) is 0 Å². The van der Waals surface area contributed by atoms with Crippen LogP contribution in [0.4, 0.5) is 0 Å². The van der Waals surface area contributed by atoms with Crippen molar-refractivity contribution in [2.24, 2.45) is 5.41 Å². The molecule has 0 radical (unpaired) electrons. The zero-order chi connectivity index (χ0) is 11.4. The summed E-state index contributed by atoms with van der Waals surface area (Å²) < 4.78 is 4.67. The number of hydrogen-bond donors (Lipinski definition) is 1. The van der Waals surface area contributed by atoms with E-state index in [1.54, 1.807) is 0 Å². The molecule has 4 heteroatoms. The lowest BCUT2D eigenvalue weighted by atomic mass is 9.76. The lowest BCUT2D eigenvalue weighted by molar-refractivity contribution is 0.206. The predicted molar refractivity (Wildman–Crippen MR) is 61.9 cm³/mol. The van der Waals surface area contributed by atoms with Gasteiger partial charge in [0.25, 0.3) is 0 Å². The van der Waals surface area contributed by atoms with Crippen LogP contribution in [0.25, 0.3) is 0 Å². The fourth-order valence-corrected chi connectivity index (χ4v) is 2.47. The SMILES string of the molecule is Cc1nonc1CNCC1(C)CCCCC1. The average Bonchev–Trinajstić information content (AvgIpc) is 2.65. The van der Waals surface area contributed by atoms with Gasteiger partial charge >= 0.3 is 0 Å². The highest BCUT2D eigenvalue weighted by atomic mass is 16.6. The van der Waals surface area contributed by atoms with Gasteiger partial charge in [0, 0.05) is 13.1 Å². The van der Waals surface area contributed by atoms with E-state index in [1.165, 1.54) is 32.1 Å². The fraction of sp³-hybridized carbons (Fsp3) is 0.833. The number of nitrogens with zero attached hydrogens (tertiary/aromatic N) is 2. The van der Waals surface area contributed by atoms with Gasteiger partial charge in [-0.15, -0.1) is 0 Å². The Morgan fingerprint density at radius 3 is 2.62 bits per heavy atom. The van der Waals surface area contributed by atoms with Crippen molar-refractivity contribution in [1.29, 1.82) is 0 Å². The lowest BCUT2D eigenvalue weighted by Gasteiger charge is -2.33. The molecule has 90 valence electrons. The van der Waals surface area contributed by atoms with Crippen molar-refractivity contribution >= 4 is 0 Å². The Labute approximate surface area is 96.8 Å². The number of hydrogen-bond acceptors (Lipinski definition) is 4. The van der Waals surface area contributed by atoms with Crippen LogP contribution in [0.3, 0.4) is 0 Å². The number of rotatable bonds is 4. The van der Waals surface area contributed by atoms with E-state index in [1.807, 2.05) is 6.92 Å². The van der Waals surface area contributed by atoms with E-state index in [0.717, 1.165) is 24.5 Å². The third-order valence-electron chi connectivity index (χ3n) is 3.65. The number of nitrogens with one attached hydrogen (secondary N) is 1. The molecule has 1 aromatic rings. The molecule has 4 nitrogen and oxygen atoms in total. The Morgan fingerprint density at radius 2 is 2.00 bits per heavy atom. The van der Waals surface area contributed by atoms with Crippen LogP contribution in [0.2, 0.25) is 0 Å². The van der Waals surface area contributed by atoms with Crippen molar-refractivity contribution in [2.45, 2.75) is 52.5 Å². The minimum absolute atomic E-state index is 0.476. The highest BCUT2D eigenvalue weighted by Crippen LogP contribution is 2.34. The van der Waals surface area contributed by atoms with E-state index in [-0.39, 0.29) is 0 Å². The molecule has 0 amide bonds. The molecule has 0 aliphatic heterocycles. The normalized spacial score (nSPS) is 19.9. The first-order chi connectivity index (χ1) is 7.70. The van der Waals surface area contributed by atoms with E-state index < -0.39 is 0 Å². The minimum Gasteiger partial charge on any atom is -0.310 e. The Morgan fingerprint density at radius 1 is 1.25 bits per heavy atom. The van der Waals surface area contributed by atoms with Crippen molar-refractivity contribution < 1.29 is 4.63 Å². The zero-order valence-corrected chi connectivity index (χ0v) is 10.3. The average molecular weight is 223 g/mol. The molecule has 1 aliphatic rings. The van der Waals surface area contributed by atoms with Gasteiger partial charge in [0.05, 0.1) is 0 Å². The minimum atomic E-state index is 0.476. The van der Waals surface area contributed by atoms with Crippen molar-refractivity contribution in [3.8, 4) is 0 Å². The molecule has 0 spiro atoms. The molecule has 1 aromatic heterocycles. The van der Waals surface area contributed by atoms with Crippen molar-refractivity contribution in [1.82, 2.24) is 15.6 Å². The van der Waals surface area contributed by atoms with Crippen molar-refractivity contribution in [2.75, 3.05) is 6.54 Å². The van der Waals surface area contributed by atoms with E-state index in [2.05, 4.69) is 27.2 Å². The van der Waals surface area contributed by atoms with Crippen LogP contribution in [0.1, 0.15) is 50.4 Å². The first kappa shape index (κ1) is 11.6. The molecular weight excluding hydrogens is 202 g/mol. The second kappa shape index (κ2) is 4.95.